The maximum Gasteiger partial charge on any atom is 0.251 e. The fraction of sp³-hybridized carbons (Fsp3) is 0.200. The van der Waals surface area contributed by atoms with E-state index in [0.29, 0.717) is 18.7 Å². The summed E-state index contributed by atoms with van der Waals surface area (Å²) >= 11 is 1.54. The van der Waals surface area contributed by atoms with Gasteiger partial charge in [0.2, 0.25) is 0 Å². The van der Waals surface area contributed by atoms with Gasteiger partial charge in [0.05, 0.1) is 12.7 Å². The molecule has 0 saturated carbocycles. The van der Waals surface area contributed by atoms with Gasteiger partial charge in [-0.3, -0.25) is 9.48 Å². The van der Waals surface area contributed by atoms with Gasteiger partial charge in [-0.15, -0.1) is 16.9 Å². The molecule has 2 aromatic heterocycles. The summed E-state index contributed by atoms with van der Waals surface area (Å²) in [5.41, 5.74) is 1.69. The van der Waals surface area contributed by atoms with Gasteiger partial charge >= 0.3 is 0 Å². The maximum atomic E-state index is 12.2. The molecule has 0 aliphatic carbocycles. The molecule has 0 aliphatic heterocycles. The summed E-state index contributed by atoms with van der Waals surface area (Å²) in [5.74, 6) is 0.665. The van der Waals surface area contributed by atoms with Crippen molar-refractivity contribution in [3.8, 4) is 0 Å². The number of aromatic amines is 1. The normalized spacial score (nSPS) is 10.6. The molecule has 118 valence electrons. The quantitative estimate of drug-likeness (QED) is 0.508. The first-order chi connectivity index (χ1) is 11.3. The molecule has 0 bridgehead atoms. The van der Waals surface area contributed by atoms with Crippen LogP contribution >= 0.6 is 11.8 Å². The molecule has 7 nitrogen and oxygen atoms in total. The van der Waals surface area contributed by atoms with E-state index in [1.807, 2.05) is 41.2 Å². The number of H-pyrrole nitrogens is 1. The monoisotopic (exact) mass is 328 g/mol. The fourth-order valence-corrected chi connectivity index (χ4v) is 2.72. The highest BCUT2D eigenvalue weighted by molar-refractivity contribution is 7.99. The Balaban J connectivity index is 1.50. The summed E-state index contributed by atoms with van der Waals surface area (Å²) in [6.45, 7) is 1.22. The van der Waals surface area contributed by atoms with Crippen LogP contribution in [0.4, 0.5) is 0 Å². The van der Waals surface area contributed by atoms with E-state index in [1.54, 1.807) is 12.4 Å². The smallest absolute Gasteiger partial charge is 0.251 e. The molecule has 3 rings (SSSR count). The van der Waals surface area contributed by atoms with Crippen molar-refractivity contribution in [2.75, 3.05) is 12.3 Å². The highest BCUT2D eigenvalue weighted by Gasteiger charge is 2.06. The summed E-state index contributed by atoms with van der Waals surface area (Å²) in [7, 11) is 0. The van der Waals surface area contributed by atoms with Crippen LogP contribution in [0.1, 0.15) is 15.9 Å². The number of thioether (sulfide) groups is 1. The lowest BCUT2D eigenvalue weighted by Gasteiger charge is -2.07. The van der Waals surface area contributed by atoms with Crippen LogP contribution in [0, 0.1) is 0 Å². The van der Waals surface area contributed by atoms with Crippen LogP contribution < -0.4 is 5.32 Å². The topological polar surface area (TPSA) is 88.5 Å². The summed E-state index contributed by atoms with van der Waals surface area (Å²) in [4.78, 5) is 12.2. The van der Waals surface area contributed by atoms with Crippen LogP contribution in [0.5, 0.6) is 0 Å². The minimum Gasteiger partial charge on any atom is -0.351 e. The Morgan fingerprint density at radius 3 is 3.09 bits per heavy atom. The summed E-state index contributed by atoms with van der Waals surface area (Å²) in [6.07, 6.45) is 5.29. The number of benzene rings is 1. The average Bonchev–Trinajstić information content (AvgIpc) is 3.25. The van der Waals surface area contributed by atoms with E-state index in [4.69, 9.17) is 0 Å². The van der Waals surface area contributed by atoms with Crippen LogP contribution in [0.15, 0.2) is 53.9 Å². The fourth-order valence-electron chi connectivity index (χ4n) is 2.07. The Labute approximate surface area is 137 Å². The van der Waals surface area contributed by atoms with Crippen molar-refractivity contribution in [2.24, 2.45) is 0 Å². The number of hydrogen-bond acceptors (Lipinski definition) is 5. The lowest BCUT2D eigenvalue weighted by Crippen LogP contribution is -2.25. The number of rotatable bonds is 7. The van der Waals surface area contributed by atoms with E-state index in [0.717, 1.165) is 16.3 Å². The molecule has 8 heteroatoms. The molecular formula is C15H16N6OS. The number of carbonyl (C=O) groups excluding carboxylic acids is 1. The first kappa shape index (κ1) is 15.3. The summed E-state index contributed by atoms with van der Waals surface area (Å²) in [6, 6.07) is 9.45. The van der Waals surface area contributed by atoms with Gasteiger partial charge in [0, 0.05) is 30.3 Å². The van der Waals surface area contributed by atoms with Gasteiger partial charge < -0.3 is 5.32 Å². The molecule has 0 radical (unpaired) electrons. The number of hydrogen-bond donors (Lipinski definition) is 2. The second-order valence-electron chi connectivity index (χ2n) is 4.82. The SMILES string of the molecule is O=C(NCCSc1cn[nH]n1)c1cccc(Cn2cccn2)c1. The Morgan fingerprint density at radius 1 is 1.35 bits per heavy atom. The number of amides is 1. The molecule has 1 amide bonds. The number of nitrogens with zero attached hydrogens (tertiary/aromatic N) is 4. The molecular weight excluding hydrogens is 312 g/mol. The first-order valence-corrected chi connectivity index (χ1v) is 8.13. The zero-order valence-corrected chi connectivity index (χ0v) is 13.2. The molecule has 2 N–H and O–H groups in total. The van der Waals surface area contributed by atoms with Crippen molar-refractivity contribution < 1.29 is 4.79 Å². The summed E-state index contributed by atoms with van der Waals surface area (Å²) < 4.78 is 1.82. The highest BCUT2D eigenvalue weighted by Crippen LogP contribution is 2.11. The second kappa shape index (κ2) is 7.59. The van der Waals surface area contributed by atoms with Gasteiger partial charge in [-0.25, -0.2) is 0 Å². The van der Waals surface area contributed by atoms with Crippen LogP contribution in [0.2, 0.25) is 0 Å². The minimum absolute atomic E-state index is 0.0759. The average molecular weight is 328 g/mol. The lowest BCUT2D eigenvalue weighted by molar-refractivity contribution is 0.0956. The molecule has 1 aromatic carbocycles. The van der Waals surface area contributed by atoms with E-state index in [-0.39, 0.29) is 5.91 Å². The predicted octanol–water partition coefficient (Wildman–Crippen LogP) is 1.57. The Morgan fingerprint density at radius 2 is 2.30 bits per heavy atom. The standard InChI is InChI=1S/C15H16N6OS/c22-15(16-6-8-23-14-10-17-20-19-14)13-4-1-3-12(9-13)11-21-7-2-5-18-21/h1-5,7,9-10H,6,8,11H2,(H,16,22)(H,17,19,20). The summed E-state index contributed by atoms with van der Waals surface area (Å²) in [5, 5.41) is 18.1. The van der Waals surface area contributed by atoms with Gasteiger partial charge in [0.15, 0.2) is 0 Å². The molecule has 0 unspecified atom stereocenters. The van der Waals surface area contributed by atoms with Gasteiger partial charge in [-0.1, -0.05) is 12.1 Å². The van der Waals surface area contributed by atoms with Crippen molar-refractivity contribution in [3.63, 3.8) is 0 Å². The lowest BCUT2D eigenvalue weighted by atomic mass is 10.1. The van der Waals surface area contributed by atoms with Crippen molar-refractivity contribution in [1.29, 1.82) is 0 Å². The molecule has 3 aromatic rings. The van der Waals surface area contributed by atoms with Gasteiger partial charge in [0.25, 0.3) is 5.91 Å². The van der Waals surface area contributed by atoms with E-state index in [9.17, 15) is 4.79 Å². The molecule has 0 saturated heterocycles. The highest BCUT2D eigenvalue weighted by atomic mass is 32.2. The Bertz CT molecular complexity index is 741. The van der Waals surface area contributed by atoms with Crippen molar-refractivity contribution in [2.45, 2.75) is 11.6 Å². The molecule has 0 fully saturated rings. The first-order valence-electron chi connectivity index (χ1n) is 7.14. The van der Waals surface area contributed by atoms with Crippen LogP contribution in [-0.4, -0.2) is 43.4 Å². The number of aromatic nitrogens is 5. The third-order valence-corrected chi connectivity index (χ3v) is 4.02. The third-order valence-electron chi connectivity index (χ3n) is 3.12. The zero-order chi connectivity index (χ0) is 15.9. The molecule has 23 heavy (non-hydrogen) atoms. The molecule has 0 atom stereocenters. The predicted molar refractivity (Wildman–Crippen MR) is 87.2 cm³/mol. The molecule has 0 spiro atoms. The van der Waals surface area contributed by atoms with Gasteiger partial charge in [-0.2, -0.15) is 15.4 Å². The molecule has 0 aliphatic rings. The van der Waals surface area contributed by atoms with Crippen molar-refractivity contribution in [3.05, 3.63) is 60.0 Å². The van der Waals surface area contributed by atoms with Gasteiger partial charge in [0.1, 0.15) is 5.03 Å². The zero-order valence-electron chi connectivity index (χ0n) is 12.3. The van der Waals surface area contributed by atoms with E-state index in [2.05, 4.69) is 25.8 Å². The number of carbonyl (C=O) groups is 1. The van der Waals surface area contributed by atoms with E-state index in [1.165, 1.54) is 11.8 Å². The van der Waals surface area contributed by atoms with Gasteiger partial charge in [-0.05, 0) is 23.8 Å². The van der Waals surface area contributed by atoms with Crippen molar-refractivity contribution >= 4 is 17.7 Å². The van der Waals surface area contributed by atoms with Crippen LogP contribution in [-0.2, 0) is 6.54 Å². The number of nitrogens with one attached hydrogen (secondary N) is 2. The Hall–Kier alpha value is -2.61. The second-order valence-corrected chi connectivity index (χ2v) is 5.93. The van der Waals surface area contributed by atoms with Crippen LogP contribution in [0.25, 0.3) is 0 Å². The largest absolute Gasteiger partial charge is 0.351 e. The molecule has 2 heterocycles. The maximum absolute atomic E-state index is 12.2. The van der Waals surface area contributed by atoms with E-state index < -0.39 is 0 Å². The third kappa shape index (κ3) is 4.43. The van der Waals surface area contributed by atoms with Crippen molar-refractivity contribution in [1.82, 2.24) is 30.5 Å². The minimum atomic E-state index is -0.0759. The van der Waals surface area contributed by atoms with Crippen LogP contribution in [0.3, 0.4) is 0 Å². The Kier molecular flexibility index (Phi) is 5.05. The van der Waals surface area contributed by atoms with E-state index >= 15 is 0 Å².